The second kappa shape index (κ2) is 22.5. The first-order chi connectivity index (χ1) is 32.5. The highest BCUT2D eigenvalue weighted by Gasteiger charge is 2.51. The van der Waals surface area contributed by atoms with E-state index in [-0.39, 0.29) is 59.0 Å². The van der Waals surface area contributed by atoms with Crippen LogP contribution in [0.15, 0.2) is 121 Å². The largest absolute Gasteiger partial charge is 0.505 e. The molecule has 6 aromatic carbocycles. The summed E-state index contributed by atoms with van der Waals surface area (Å²) in [6, 6.07) is 32.8. The summed E-state index contributed by atoms with van der Waals surface area (Å²) in [6.07, 6.45) is 7.32. The maximum absolute atomic E-state index is 12.4. The molecular weight excluding hydrogens is 997 g/mol. The Bertz CT molecular complexity index is 2670. The predicted octanol–water partition coefficient (Wildman–Crippen LogP) is 15.3. The molecule has 4 aliphatic carbocycles. The van der Waals surface area contributed by atoms with Crippen LogP contribution in [0, 0.1) is 17.8 Å². The third-order valence-corrected chi connectivity index (χ3v) is 13.1. The summed E-state index contributed by atoms with van der Waals surface area (Å²) in [6.45, 7) is 0. The van der Waals surface area contributed by atoms with Gasteiger partial charge in [-0.3, -0.25) is 0 Å². The zero-order valence-electron chi connectivity index (χ0n) is 35.8. The number of benzene rings is 6. The van der Waals surface area contributed by atoms with E-state index >= 15 is 0 Å². The van der Waals surface area contributed by atoms with Gasteiger partial charge in [0.25, 0.3) is 0 Å². The number of phenolic OH excluding ortho intramolecular Hbond substituents is 3. The fourth-order valence-electron chi connectivity index (χ4n) is 8.92. The van der Waals surface area contributed by atoms with Gasteiger partial charge in [0, 0.05) is 34.0 Å². The van der Waals surface area contributed by atoms with Crippen LogP contribution in [0.25, 0.3) is 0 Å². The van der Waals surface area contributed by atoms with Gasteiger partial charge in [-0.25, -0.2) is 14.4 Å². The number of nitrogens with one attached hydrogen (secondary N) is 6. The van der Waals surface area contributed by atoms with Crippen LogP contribution in [-0.4, -0.2) is 39.0 Å². The Hall–Kier alpha value is -5.93. The van der Waals surface area contributed by atoms with Gasteiger partial charge in [-0.2, -0.15) is 0 Å². The number of hydrogen-bond donors (Lipinski definition) is 9. The lowest BCUT2D eigenvalue weighted by molar-refractivity contribution is -0.0127. The zero-order valence-corrected chi connectivity index (χ0v) is 40.3. The molecular formula is C49H44Cl6N6O7. The van der Waals surface area contributed by atoms with Gasteiger partial charge in [-0.05, 0) is 141 Å². The van der Waals surface area contributed by atoms with Crippen LogP contribution < -0.4 is 36.6 Å². The number of aromatic hydroxyl groups is 3. The SMILES string of the molecule is O=C(Nc1cc(Cl)c(O)c(Cl)c1)NC12CC3CC(CC(C3)C1)C2.O=C(Nc1ccc(Oc2ccccc2)cc1)Nc1cc(Cl)c(O)c(Cl)c1.O=C(Nc1ccccc1)Nc1cc(Cl)c(O)c(Cl)c1. The summed E-state index contributed by atoms with van der Waals surface area (Å²) >= 11 is 35.0. The average molecular weight is 1040 g/mol. The van der Waals surface area contributed by atoms with Crippen LogP contribution in [-0.2, 0) is 0 Å². The van der Waals surface area contributed by atoms with Crippen molar-refractivity contribution in [1.82, 2.24) is 5.32 Å². The number of urea groups is 3. The number of halogens is 6. The molecule has 0 aromatic heterocycles. The van der Waals surface area contributed by atoms with Crippen molar-refractivity contribution in [3.63, 3.8) is 0 Å². The molecule has 0 atom stereocenters. The van der Waals surface area contributed by atoms with Crippen LogP contribution in [0.3, 0.4) is 0 Å². The standard InChI is InChI=1S/C19H14Cl2N2O3.C17H20Cl2N2O2.C13H10Cl2N2O2/c20-16-10-13(11-17(21)18(16)24)23-19(25)22-12-6-8-15(9-7-12)26-14-4-2-1-3-5-14;18-13-4-12(5-14(19)15(13)22)20-16(23)21-17-6-9-1-10(7-17)3-11(2-9)8-17;14-10-6-9(7-11(15)12(10)18)17-13(19)16-8-4-2-1-3-5-8/h1-11,24H,(H2,22,23,25);4-5,9-11,22H,1-3,6-8H2,(H2,20,21,23);1-7,18H,(H2,16,17,19). The van der Waals surface area contributed by atoms with Crippen molar-refractivity contribution in [2.75, 3.05) is 26.6 Å². The Kier molecular flexibility index (Phi) is 16.5. The summed E-state index contributed by atoms with van der Waals surface area (Å²) in [5.41, 5.74) is 2.44. The fourth-order valence-corrected chi connectivity index (χ4v) is 10.4. The zero-order chi connectivity index (χ0) is 48.5. The number of carbonyl (C=O) groups excluding carboxylic acids is 3. The number of anilines is 5. The number of phenols is 3. The minimum Gasteiger partial charge on any atom is -0.505 e. The van der Waals surface area contributed by atoms with Crippen molar-refractivity contribution < 1.29 is 34.4 Å². The number of hydrogen-bond acceptors (Lipinski definition) is 7. The summed E-state index contributed by atoms with van der Waals surface area (Å²) in [7, 11) is 0. The second-order valence-corrected chi connectivity index (χ2v) is 19.0. The first kappa shape index (κ1) is 50.0. The Morgan fingerprint density at radius 3 is 1.12 bits per heavy atom. The van der Waals surface area contributed by atoms with Gasteiger partial charge in [0.2, 0.25) is 0 Å². The Morgan fingerprint density at radius 2 is 0.735 bits per heavy atom. The maximum atomic E-state index is 12.4. The molecule has 10 rings (SSSR count). The molecule has 6 amide bonds. The van der Waals surface area contributed by atoms with Crippen molar-refractivity contribution in [1.29, 1.82) is 0 Å². The molecule has 4 saturated carbocycles. The molecule has 0 aliphatic heterocycles. The van der Waals surface area contributed by atoms with Gasteiger partial charge in [0.15, 0.2) is 17.2 Å². The minimum absolute atomic E-state index is 0.0384. The number of para-hydroxylation sites is 2. The van der Waals surface area contributed by atoms with Gasteiger partial charge < -0.3 is 52.0 Å². The molecule has 6 aromatic rings. The van der Waals surface area contributed by atoms with Crippen LogP contribution in [0.2, 0.25) is 30.1 Å². The van der Waals surface area contributed by atoms with E-state index in [0.29, 0.717) is 34.2 Å². The molecule has 13 nitrogen and oxygen atoms in total. The highest BCUT2D eigenvalue weighted by Crippen LogP contribution is 2.55. The minimum atomic E-state index is -0.473. The van der Waals surface area contributed by atoms with Gasteiger partial charge in [0.1, 0.15) is 11.5 Å². The van der Waals surface area contributed by atoms with Crippen molar-refractivity contribution in [2.24, 2.45) is 17.8 Å². The monoisotopic (exact) mass is 1040 g/mol. The first-order valence-electron chi connectivity index (χ1n) is 21.2. The van der Waals surface area contributed by atoms with E-state index in [0.717, 1.165) is 42.8 Å². The first-order valence-corrected chi connectivity index (χ1v) is 23.4. The van der Waals surface area contributed by atoms with E-state index in [2.05, 4.69) is 31.9 Å². The highest BCUT2D eigenvalue weighted by molar-refractivity contribution is 6.39. The third-order valence-electron chi connectivity index (χ3n) is 11.4. The van der Waals surface area contributed by atoms with E-state index in [1.54, 1.807) is 36.4 Å². The summed E-state index contributed by atoms with van der Waals surface area (Å²) < 4.78 is 5.69. The van der Waals surface area contributed by atoms with Crippen molar-refractivity contribution in [3.05, 3.63) is 151 Å². The number of rotatable bonds is 8. The number of carbonyl (C=O) groups is 3. The molecule has 0 spiro atoms. The van der Waals surface area contributed by atoms with Crippen molar-refractivity contribution in [3.8, 4) is 28.7 Å². The number of ether oxygens (including phenoxy) is 1. The van der Waals surface area contributed by atoms with Crippen LogP contribution in [0.5, 0.6) is 28.7 Å². The lowest BCUT2D eigenvalue weighted by Crippen LogP contribution is -2.60. The molecule has 354 valence electrons. The van der Waals surface area contributed by atoms with Gasteiger partial charge in [0.05, 0.1) is 30.1 Å². The molecule has 4 fully saturated rings. The third kappa shape index (κ3) is 13.6. The second-order valence-electron chi connectivity index (χ2n) is 16.6. The van der Waals surface area contributed by atoms with E-state index in [1.807, 2.05) is 48.5 Å². The smallest absolute Gasteiger partial charge is 0.323 e. The molecule has 4 bridgehead atoms. The van der Waals surface area contributed by atoms with Crippen molar-refractivity contribution in [2.45, 2.75) is 44.1 Å². The normalized spacial score (nSPS) is 18.4. The van der Waals surface area contributed by atoms with Crippen molar-refractivity contribution >= 4 is 116 Å². The lowest BCUT2D eigenvalue weighted by atomic mass is 9.53. The molecule has 0 radical (unpaired) electrons. The molecule has 9 N–H and O–H groups in total. The fraction of sp³-hybridized carbons (Fsp3) is 0.204. The van der Waals surface area contributed by atoms with E-state index in [1.165, 1.54) is 55.7 Å². The summed E-state index contributed by atoms with van der Waals surface area (Å²) in [5, 5.41) is 45.5. The Labute approximate surface area is 422 Å². The molecule has 4 aliphatic rings. The summed E-state index contributed by atoms with van der Waals surface area (Å²) in [5.74, 6) is 3.11. The predicted molar refractivity (Wildman–Crippen MR) is 272 cm³/mol. The van der Waals surface area contributed by atoms with Gasteiger partial charge in [-0.1, -0.05) is 106 Å². The molecule has 0 heterocycles. The molecule has 68 heavy (non-hydrogen) atoms. The highest BCUT2D eigenvalue weighted by atomic mass is 35.5. The van der Waals surface area contributed by atoms with E-state index in [4.69, 9.17) is 74.3 Å². The van der Waals surface area contributed by atoms with Gasteiger partial charge >= 0.3 is 18.1 Å². The van der Waals surface area contributed by atoms with Crippen LogP contribution in [0.4, 0.5) is 42.8 Å². The molecule has 19 heteroatoms. The average Bonchev–Trinajstić information content (AvgIpc) is 3.27. The lowest BCUT2D eigenvalue weighted by Gasteiger charge is -2.56. The maximum Gasteiger partial charge on any atom is 0.323 e. The van der Waals surface area contributed by atoms with Gasteiger partial charge in [-0.15, -0.1) is 0 Å². The van der Waals surface area contributed by atoms with Crippen LogP contribution >= 0.6 is 69.6 Å². The van der Waals surface area contributed by atoms with Crippen LogP contribution in [0.1, 0.15) is 38.5 Å². The molecule has 0 unspecified atom stereocenters. The van der Waals surface area contributed by atoms with E-state index < -0.39 is 12.1 Å². The number of amides is 6. The quantitative estimate of drug-likeness (QED) is 0.0677. The molecule has 0 saturated heterocycles. The van der Waals surface area contributed by atoms with E-state index in [9.17, 15) is 29.7 Å². The Morgan fingerprint density at radius 1 is 0.426 bits per heavy atom. The topological polar surface area (TPSA) is 193 Å². The Balaban J connectivity index is 0.000000153. The summed E-state index contributed by atoms with van der Waals surface area (Å²) in [4.78, 5) is 36.2.